The van der Waals surface area contributed by atoms with Gasteiger partial charge in [0.05, 0.1) is 25.3 Å². The first kappa shape index (κ1) is 40.4. The average Bonchev–Trinajstić information content (AvgIpc) is 4.12. The minimum atomic E-state index is -2.57. The zero-order valence-corrected chi connectivity index (χ0v) is 34.0. The van der Waals surface area contributed by atoms with Gasteiger partial charge in [0, 0.05) is 54.9 Å². The van der Waals surface area contributed by atoms with Gasteiger partial charge in [0.2, 0.25) is 17.7 Å². The molecule has 0 radical (unpaired) electrons. The summed E-state index contributed by atoms with van der Waals surface area (Å²) in [4.78, 5) is 65.5. The summed E-state index contributed by atoms with van der Waals surface area (Å²) in [5.41, 5.74) is -0.00139. The van der Waals surface area contributed by atoms with Gasteiger partial charge in [0.25, 0.3) is 17.2 Å². The molecule has 2 N–H and O–H groups in total. The van der Waals surface area contributed by atoms with Crippen LogP contribution in [0.25, 0.3) is 22.2 Å². The van der Waals surface area contributed by atoms with Crippen LogP contribution < -0.4 is 14.8 Å². The number of ether oxygens (including phenoxy) is 2. The van der Waals surface area contributed by atoms with Crippen molar-refractivity contribution >= 4 is 45.8 Å². The van der Waals surface area contributed by atoms with Crippen LogP contribution in [0, 0.1) is 17.3 Å². The summed E-state index contributed by atoms with van der Waals surface area (Å²) in [6, 6.07) is 15.6. The van der Waals surface area contributed by atoms with Crippen LogP contribution in [0.15, 0.2) is 67.3 Å². The second-order valence-corrected chi connectivity index (χ2v) is 17.7. The number of carbonyl (C=O) groups excluding carboxylic acids is 4. The lowest BCUT2D eigenvalue weighted by molar-refractivity contribution is -0.149. The molecule has 2 unspecified atom stereocenters. The van der Waals surface area contributed by atoms with Gasteiger partial charge in [-0.2, -0.15) is 0 Å². The van der Waals surface area contributed by atoms with Crippen LogP contribution in [0.2, 0.25) is 0 Å². The number of methoxy groups -OCH3 is 1. The first-order valence-electron chi connectivity index (χ1n) is 19.9. The van der Waals surface area contributed by atoms with Crippen molar-refractivity contribution in [1.82, 2.24) is 24.4 Å². The fraction of sp³-hybridized carbons (Fsp3) is 0.512. The number of rotatable bonds is 13. The molecule has 304 valence electrons. The number of likely N-dealkylation sites (tertiary alicyclic amines) is 2. The quantitative estimate of drug-likeness (QED) is 0.168. The molecule has 4 aliphatic rings. The van der Waals surface area contributed by atoms with E-state index in [1.54, 1.807) is 13.2 Å². The number of para-hydroxylation sites is 1. The topological polar surface area (TPSA) is 159 Å². The molecule has 4 fully saturated rings. The van der Waals surface area contributed by atoms with Gasteiger partial charge in [0.15, 0.2) is 0 Å². The van der Waals surface area contributed by atoms with E-state index in [4.69, 9.17) is 14.5 Å². The van der Waals surface area contributed by atoms with Crippen molar-refractivity contribution in [3.05, 3.63) is 67.3 Å². The van der Waals surface area contributed by atoms with Crippen molar-refractivity contribution < 1.29 is 37.4 Å². The van der Waals surface area contributed by atoms with E-state index in [0.29, 0.717) is 54.0 Å². The normalized spacial score (nSPS) is 24.3. The SMILES string of the molecule is C=C[C@@H]1CC1(NC(=O)[C@@H]1C[C@@H](Oc2cc(-c3ccccc3)nc3c(OC)cccc23)CN1C(=O)[C@@H](CC(=O)N1CCCCC1)C(C)(C)C)C(=O)N(C1CC1)S(=O)O. The van der Waals surface area contributed by atoms with Gasteiger partial charge in [0.1, 0.15) is 34.7 Å². The Hall–Kier alpha value is -4.82. The van der Waals surface area contributed by atoms with Crippen LogP contribution in [-0.2, 0) is 30.4 Å². The molecule has 57 heavy (non-hydrogen) atoms. The number of hydrogen-bond acceptors (Lipinski definition) is 8. The van der Waals surface area contributed by atoms with E-state index in [1.165, 1.54) is 4.90 Å². The fourth-order valence-electron chi connectivity index (χ4n) is 8.36. The van der Waals surface area contributed by atoms with Crippen molar-refractivity contribution in [2.75, 3.05) is 26.7 Å². The van der Waals surface area contributed by atoms with E-state index in [1.807, 2.05) is 80.3 Å². The zero-order chi connectivity index (χ0) is 40.6. The Kier molecular flexibility index (Phi) is 11.5. The Labute approximate surface area is 336 Å². The van der Waals surface area contributed by atoms with E-state index < -0.39 is 58.0 Å². The zero-order valence-electron chi connectivity index (χ0n) is 33.1. The summed E-state index contributed by atoms with van der Waals surface area (Å²) >= 11 is -2.57. The van der Waals surface area contributed by atoms with Crippen LogP contribution in [-0.4, -0.2) is 102 Å². The van der Waals surface area contributed by atoms with E-state index >= 15 is 0 Å². The number of carbonyl (C=O) groups is 4. The highest BCUT2D eigenvalue weighted by Crippen LogP contribution is 2.48. The van der Waals surface area contributed by atoms with Gasteiger partial charge in [-0.05, 0) is 56.1 Å². The lowest BCUT2D eigenvalue weighted by atomic mass is 9.77. The average molecular weight is 800 g/mol. The summed E-state index contributed by atoms with van der Waals surface area (Å²) in [6.07, 6.45) is 5.29. The third-order valence-corrected chi connectivity index (χ3v) is 12.7. The fourth-order valence-corrected chi connectivity index (χ4v) is 9.14. The molecule has 3 aromatic rings. The largest absolute Gasteiger partial charge is 0.494 e. The number of nitrogens with one attached hydrogen (secondary N) is 1. The van der Waals surface area contributed by atoms with Crippen LogP contribution in [0.5, 0.6) is 11.5 Å². The van der Waals surface area contributed by atoms with Crippen molar-refractivity contribution in [2.24, 2.45) is 17.3 Å². The lowest BCUT2D eigenvalue weighted by Gasteiger charge is -2.36. The molecule has 2 saturated carbocycles. The molecule has 3 heterocycles. The van der Waals surface area contributed by atoms with Crippen molar-refractivity contribution in [3.63, 3.8) is 0 Å². The van der Waals surface area contributed by atoms with E-state index in [-0.39, 0.29) is 43.7 Å². The summed E-state index contributed by atoms with van der Waals surface area (Å²) in [5.74, 6) is -1.82. The first-order valence-corrected chi connectivity index (χ1v) is 21.0. The Balaban J connectivity index is 1.23. The molecule has 14 heteroatoms. The molecule has 7 rings (SSSR count). The van der Waals surface area contributed by atoms with Gasteiger partial charge in [-0.15, -0.1) is 6.58 Å². The smallest absolute Gasteiger partial charge is 0.264 e. The predicted molar refractivity (Wildman–Crippen MR) is 216 cm³/mol. The number of piperidine rings is 1. The minimum Gasteiger partial charge on any atom is -0.494 e. The van der Waals surface area contributed by atoms with Gasteiger partial charge in [-0.25, -0.2) is 13.5 Å². The number of hydrogen-bond donors (Lipinski definition) is 2. The van der Waals surface area contributed by atoms with Gasteiger partial charge < -0.3 is 24.6 Å². The van der Waals surface area contributed by atoms with Crippen LogP contribution >= 0.6 is 0 Å². The summed E-state index contributed by atoms with van der Waals surface area (Å²) in [7, 11) is 1.58. The molecule has 0 bridgehead atoms. The highest BCUT2D eigenvalue weighted by Gasteiger charge is 2.64. The van der Waals surface area contributed by atoms with E-state index in [0.717, 1.165) is 29.1 Å². The summed E-state index contributed by atoms with van der Waals surface area (Å²) in [6.45, 7) is 11.0. The van der Waals surface area contributed by atoms with E-state index in [2.05, 4.69) is 11.9 Å². The van der Waals surface area contributed by atoms with Crippen molar-refractivity contribution in [3.8, 4) is 22.8 Å². The second kappa shape index (κ2) is 16.2. The second-order valence-electron chi connectivity index (χ2n) is 16.9. The number of fused-ring (bicyclic) bond motifs is 1. The highest BCUT2D eigenvalue weighted by atomic mass is 32.2. The molecule has 6 atom stereocenters. The molecule has 13 nitrogen and oxygen atoms in total. The highest BCUT2D eigenvalue weighted by molar-refractivity contribution is 7.77. The third-order valence-electron chi connectivity index (χ3n) is 11.9. The standard InChI is InChI=1S/C43H53N5O8S/c1-6-28-25-43(28,41(52)48(57(53)54)29-18-19-29)45-39(50)34-22-30(26-47(34)40(51)32(42(2,3)4)23-37(49)46-20-11-8-12-21-46)56-36-24-33(27-14-9-7-10-15-27)44-38-31(36)16-13-17-35(38)55-5/h6-7,9-10,13-17,24,28-30,32,34H,1,8,11-12,18-23,25-26H2,2-5H3,(H,45,50)(H,53,54)/t28-,30-,32-,34+,43?/m1/s1. The molecule has 1 aromatic heterocycles. The monoisotopic (exact) mass is 799 g/mol. The van der Waals surface area contributed by atoms with Crippen molar-refractivity contribution in [1.29, 1.82) is 0 Å². The summed E-state index contributed by atoms with van der Waals surface area (Å²) in [5, 5.41) is 3.63. The lowest BCUT2D eigenvalue weighted by Crippen LogP contribution is -2.57. The van der Waals surface area contributed by atoms with Gasteiger partial charge >= 0.3 is 0 Å². The molecule has 2 saturated heterocycles. The number of benzene rings is 2. The number of aromatic nitrogens is 1. The minimum absolute atomic E-state index is 0.00641. The number of pyridine rings is 1. The number of amides is 4. The molecular formula is C43H53N5O8S. The number of nitrogens with zero attached hydrogens (tertiary/aromatic N) is 4. The molecule has 0 spiro atoms. The van der Waals surface area contributed by atoms with Crippen LogP contribution in [0.1, 0.15) is 72.1 Å². The predicted octanol–water partition coefficient (Wildman–Crippen LogP) is 5.51. The Morgan fingerprint density at radius 1 is 1.07 bits per heavy atom. The Bertz CT molecular complexity index is 2060. The molecule has 2 aliphatic carbocycles. The Morgan fingerprint density at radius 3 is 2.40 bits per heavy atom. The van der Waals surface area contributed by atoms with E-state index in [9.17, 15) is 27.9 Å². The molecule has 2 aromatic carbocycles. The van der Waals surface area contributed by atoms with Crippen LogP contribution in [0.3, 0.4) is 0 Å². The maximum atomic E-state index is 14.9. The van der Waals surface area contributed by atoms with Crippen LogP contribution in [0.4, 0.5) is 0 Å². The first-order chi connectivity index (χ1) is 27.2. The molecular weight excluding hydrogens is 747 g/mol. The maximum absolute atomic E-state index is 14.9. The maximum Gasteiger partial charge on any atom is 0.264 e. The summed E-state index contributed by atoms with van der Waals surface area (Å²) < 4.78 is 35.9. The Morgan fingerprint density at radius 2 is 1.79 bits per heavy atom. The van der Waals surface area contributed by atoms with Gasteiger partial charge in [-0.3, -0.25) is 23.7 Å². The van der Waals surface area contributed by atoms with Gasteiger partial charge in [-0.1, -0.05) is 63.2 Å². The third kappa shape index (κ3) is 8.29. The van der Waals surface area contributed by atoms with Crippen molar-refractivity contribution in [2.45, 2.75) is 95.9 Å². The molecule has 2 aliphatic heterocycles. The molecule has 4 amide bonds.